The molecule has 0 amide bonds. The topological polar surface area (TPSA) is 15.3 Å². The molecule has 0 aliphatic carbocycles. The monoisotopic (exact) mass is 310 g/mol. The molecule has 0 aliphatic rings. The fraction of sp³-hybridized carbons (Fsp3) is 0.667. The van der Waals surface area contributed by atoms with Gasteiger partial charge >= 0.3 is 0 Å². The minimum atomic E-state index is 0.140. The molecule has 1 rings (SSSR count). The molecule has 21 heavy (non-hydrogen) atoms. The van der Waals surface area contributed by atoms with Crippen molar-refractivity contribution >= 4 is 11.6 Å². The summed E-state index contributed by atoms with van der Waals surface area (Å²) in [6.07, 6.45) is 0. The highest BCUT2D eigenvalue weighted by atomic mass is 35.5. The largest absolute Gasteiger partial charge is 0.311 e. The SMILES string of the molecule is CC(C)C(CNC(C)(C)C)N(C)C(C)c1ccccc1Cl. The molecule has 120 valence electrons. The van der Waals surface area contributed by atoms with Crippen LogP contribution >= 0.6 is 11.6 Å². The molecule has 0 saturated heterocycles. The van der Waals surface area contributed by atoms with Crippen molar-refractivity contribution in [3.05, 3.63) is 34.9 Å². The zero-order valence-electron chi connectivity index (χ0n) is 14.6. The van der Waals surface area contributed by atoms with E-state index >= 15 is 0 Å². The molecular formula is C18H31ClN2. The van der Waals surface area contributed by atoms with Gasteiger partial charge in [0.05, 0.1) is 0 Å². The van der Waals surface area contributed by atoms with Crippen LogP contribution < -0.4 is 5.32 Å². The first kappa shape index (κ1) is 18.5. The van der Waals surface area contributed by atoms with Gasteiger partial charge in [-0.3, -0.25) is 4.90 Å². The Morgan fingerprint density at radius 1 is 1.14 bits per heavy atom. The Morgan fingerprint density at radius 3 is 2.19 bits per heavy atom. The number of benzene rings is 1. The predicted octanol–water partition coefficient (Wildman–Crippen LogP) is 4.75. The van der Waals surface area contributed by atoms with Crippen LogP contribution in [-0.4, -0.2) is 30.1 Å². The van der Waals surface area contributed by atoms with Gasteiger partial charge in [-0.1, -0.05) is 43.6 Å². The van der Waals surface area contributed by atoms with Gasteiger partial charge in [-0.15, -0.1) is 0 Å². The molecule has 1 aromatic rings. The van der Waals surface area contributed by atoms with Gasteiger partial charge in [-0.2, -0.15) is 0 Å². The number of nitrogens with zero attached hydrogens (tertiary/aromatic N) is 1. The van der Waals surface area contributed by atoms with Crippen molar-refractivity contribution in [2.45, 2.75) is 59.2 Å². The Kier molecular flexibility index (Phi) is 6.71. The molecule has 0 bridgehead atoms. The second-order valence-corrected chi connectivity index (χ2v) is 7.71. The molecule has 0 heterocycles. The second-order valence-electron chi connectivity index (χ2n) is 7.31. The Balaban J connectivity index is 2.85. The third-order valence-corrected chi connectivity index (χ3v) is 4.44. The summed E-state index contributed by atoms with van der Waals surface area (Å²) >= 11 is 6.35. The first-order chi connectivity index (χ1) is 9.63. The summed E-state index contributed by atoms with van der Waals surface area (Å²) in [5.41, 5.74) is 1.34. The maximum Gasteiger partial charge on any atom is 0.0453 e. The van der Waals surface area contributed by atoms with Crippen molar-refractivity contribution in [3.63, 3.8) is 0 Å². The van der Waals surface area contributed by atoms with Crippen LogP contribution in [0.1, 0.15) is 53.1 Å². The number of rotatable bonds is 6. The lowest BCUT2D eigenvalue weighted by Crippen LogP contribution is -2.49. The Labute approximate surface area is 135 Å². The average Bonchev–Trinajstić information content (AvgIpc) is 2.36. The van der Waals surface area contributed by atoms with Crippen LogP contribution in [0.25, 0.3) is 0 Å². The van der Waals surface area contributed by atoms with Crippen LogP contribution in [-0.2, 0) is 0 Å². The van der Waals surface area contributed by atoms with Crippen molar-refractivity contribution < 1.29 is 0 Å². The number of hydrogen-bond donors (Lipinski definition) is 1. The highest BCUT2D eigenvalue weighted by Crippen LogP contribution is 2.29. The summed E-state index contributed by atoms with van der Waals surface area (Å²) in [5, 5.41) is 4.48. The summed E-state index contributed by atoms with van der Waals surface area (Å²) in [4.78, 5) is 2.44. The molecule has 2 atom stereocenters. The highest BCUT2D eigenvalue weighted by molar-refractivity contribution is 6.31. The Bertz CT molecular complexity index is 437. The molecule has 2 unspecified atom stereocenters. The fourth-order valence-electron chi connectivity index (χ4n) is 2.58. The molecule has 0 aromatic heterocycles. The van der Waals surface area contributed by atoms with E-state index in [0.717, 1.165) is 11.6 Å². The number of likely N-dealkylation sites (N-methyl/N-ethyl adjacent to an activating group) is 1. The molecular weight excluding hydrogens is 280 g/mol. The lowest BCUT2D eigenvalue weighted by Gasteiger charge is -2.38. The molecule has 0 fully saturated rings. The van der Waals surface area contributed by atoms with Gasteiger partial charge < -0.3 is 5.32 Å². The quantitative estimate of drug-likeness (QED) is 0.816. The maximum atomic E-state index is 6.35. The third kappa shape index (κ3) is 5.61. The van der Waals surface area contributed by atoms with Crippen molar-refractivity contribution in [2.75, 3.05) is 13.6 Å². The van der Waals surface area contributed by atoms with Crippen LogP contribution in [0, 0.1) is 5.92 Å². The van der Waals surface area contributed by atoms with E-state index < -0.39 is 0 Å². The van der Waals surface area contributed by atoms with Gasteiger partial charge in [0.1, 0.15) is 0 Å². The van der Waals surface area contributed by atoms with Gasteiger partial charge in [0, 0.05) is 29.2 Å². The van der Waals surface area contributed by atoms with Gasteiger partial charge in [-0.25, -0.2) is 0 Å². The molecule has 0 saturated carbocycles. The number of nitrogens with one attached hydrogen (secondary N) is 1. The van der Waals surface area contributed by atoms with E-state index in [4.69, 9.17) is 11.6 Å². The lowest BCUT2D eigenvalue weighted by atomic mass is 9.97. The second kappa shape index (κ2) is 7.62. The van der Waals surface area contributed by atoms with Crippen molar-refractivity contribution in [1.29, 1.82) is 0 Å². The molecule has 0 spiro atoms. The minimum Gasteiger partial charge on any atom is -0.311 e. The summed E-state index contributed by atoms with van der Waals surface area (Å²) < 4.78 is 0. The van der Waals surface area contributed by atoms with Gasteiger partial charge in [0.25, 0.3) is 0 Å². The van der Waals surface area contributed by atoms with E-state index in [1.807, 2.05) is 12.1 Å². The summed E-state index contributed by atoms with van der Waals surface area (Å²) in [5.74, 6) is 0.579. The van der Waals surface area contributed by atoms with E-state index in [2.05, 4.69) is 70.9 Å². The van der Waals surface area contributed by atoms with Crippen LogP contribution in [0.5, 0.6) is 0 Å². The van der Waals surface area contributed by atoms with Gasteiger partial charge in [0.2, 0.25) is 0 Å². The first-order valence-corrected chi connectivity index (χ1v) is 8.22. The zero-order chi connectivity index (χ0) is 16.2. The minimum absolute atomic E-state index is 0.140. The van der Waals surface area contributed by atoms with Crippen LogP contribution in [0.3, 0.4) is 0 Å². The molecule has 1 aromatic carbocycles. The van der Waals surface area contributed by atoms with Gasteiger partial charge in [0.15, 0.2) is 0 Å². The summed E-state index contributed by atoms with van der Waals surface area (Å²) in [6, 6.07) is 8.91. The molecule has 0 aliphatic heterocycles. The first-order valence-electron chi connectivity index (χ1n) is 7.85. The van der Waals surface area contributed by atoms with E-state index in [-0.39, 0.29) is 5.54 Å². The van der Waals surface area contributed by atoms with Crippen LogP contribution in [0.15, 0.2) is 24.3 Å². The number of halogens is 1. The molecule has 1 N–H and O–H groups in total. The Hall–Kier alpha value is -0.570. The molecule has 3 heteroatoms. The average molecular weight is 311 g/mol. The third-order valence-electron chi connectivity index (χ3n) is 4.10. The fourth-order valence-corrected chi connectivity index (χ4v) is 2.87. The lowest BCUT2D eigenvalue weighted by molar-refractivity contribution is 0.135. The van der Waals surface area contributed by atoms with E-state index in [1.165, 1.54) is 5.56 Å². The summed E-state index contributed by atoms with van der Waals surface area (Å²) in [6.45, 7) is 14.4. The Morgan fingerprint density at radius 2 is 1.71 bits per heavy atom. The smallest absolute Gasteiger partial charge is 0.0453 e. The predicted molar refractivity (Wildman–Crippen MR) is 94.0 cm³/mol. The normalized spacial score (nSPS) is 15.5. The van der Waals surface area contributed by atoms with Gasteiger partial charge in [-0.05, 0) is 52.3 Å². The highest BCUT2D eigenvalue weighted by Gasteiger charge is 2.25. The van der Waals surface area contributed by atoms with E-state index in [0.29, 0.717) is 18.0 Å². The van der Waals surface area contributed by atoms with E-state index in [1.54, 1.807) is 0 Å². The van der Waals surface area contributed by atoms with Crippen molar-refractivity contribution in [3.8, 4) is 0 Å². The zero-order valence-corrected chi connectivity index (χ0v) is 15.3. The van der Waals surface area contributed by atoms with E-state index in [9.17, 15) is 0 Å². The molecule has 0 radical (unpaired) electrons. The van der Waals surface area contributed by atoms with Crippen LogP contribution in [0.4, 0.5) is 0 Å². The molecule has 2 nitrogen and oxygen atoms in total. The van der Waals surface area contributed by atoms with Crippen LogP contribution in [0.2, 0.25) is 5.02 Å². The maximum absolute atomic E-state index is 6.35. The number of hydrogen-bond acceptors (Lipinski definition) is 2. The summed E-state index contributed by atoms with van der Waals surface area (Å²) in [7, 11) is 2.20. The van der Waals surface area contributed by atoms with Crippen molar-refractivity contribution in [1.82, 2.24) is 10.2 Å². The standard InChI is InChI=1S/C18H31ClN2/c1-13(2)17(12-20-18(4,5)6)21(7)14(3)15-10-8-9-11-16(15)19/h8-11,13-14,17,20H,12H2,1-7H3. The van der Waals surface area contributed by atoms with Crippen molar-refractivity contribution in [2.24, 2.45) is 5.92 Å².